The van der Waals surface area contributed by atoms with Crippen molar-refractivity contribution in [2.75, 3.05) is 25.0 Å². The molecule has 2 N–H and O–H groups in total. The Morgan fingerprint density at radius 2 is 2.14 bits per heavy atom. The lowest BCUT2D eigenvalue weighted by Crippen LogP contribution is -2.42. The third kappa shape index (κ3) is 4.36. The summed E-state index contributed by atoms with van der Waals surface area (Å²) in [6.45, 7) is 13.4. The fourth-order valence-corrected chi connectivity index (χ4v) is 2.76. The van der Waals surface area contributed by atoms with Crippen LogP contribution in [0.25, 0.3) is 4.85 Å². The van der Waals surface area contributed by atoms with E-state index < -0.39 is 17.1 Å². The summed E-state index contributed by atoms with van der Waals surface area (Å²) < 4.78 is 35.5. The van der Waals surface area contributed by atoms with Gasteiger partial charge in [-0.1, -0.05) is 0 Å². The van der Waals surface area contributed by atoms with E-state index >= 15 is 0 Å². The molecule has 150 valence electrons. The van der Waals surface area contributed by atoms with Gasteiger partial charge in [0.2, 0.25) is 11.8 Å². The standard InChI is InChI=1S/C18H23F2N7O/c1-12-14(10-27(26-12)17(2,3)21-4)24-16-23-9-13(19)15(25-16)28-11-18(20)5-7-22-8-6-18/h9-10,22H,5-8,11H2,1-3H3,(H,23,24,25). The molecule has 1 fully saturated rings. The molecule has 2 aromatic heterocycles. The lowest BCUT2D eigenvalue weighted by molar-refractivity contribution is 0.0500. The molecule has 0 unspecified atom stereocenters. The molecule has 0 saturated carbocycles. The largest absolute Gasteiger partial charge is 0.472 e. The van der Waals surface area contributed by atoms with E-state index in [0.29, 0.717) is 37.3 Å². The number of anilines is 2. The predicted molar refractivity (Wildman–Crippen MR) is 99.6 cm³/mol. The highest BCUT2D eigenvalue weighted by molar-refractivity contribution is 5.55. The highest BCUT2D eigenvalue weighted by Crippen LogP contribution is 2.27. The molecule has 2 aromatic rings. The fourth-order valence-electron chi connectivity index (χ4n) is 2.76. The summed E-state index contributed by atoms with van der Waals surface area (Å²) in [5, 5.41) is 10.3. The van der Waals surface area contributed by atoms with Crippen molar-refractivity contribution in [1.82, 2.24) is 25.1 Å². The van der Waals surface area contributed by atoms with Gasteiger partial charge in [0, 0.05) is 13.8 Å². The Morgan fingerprint density at radius 1 is 1.43 bits per heavy atom. The van der Waals surface area contributed by atoms with E-state index in [1.54, 1.807) is 27.0 Å². The minimum atomic E-state index is -1.50. The summed E-state index contributed by atoms with van der Waals surface area (Å²) in [5.74, 6) is -0.970. The Morgan fingerprint density at radius 3 is 2.82 bits per heavy atom. The third-order valence-corrected chi connectivity index (χ3v) is 4.66. The first-order valence-electron chi connectivity index (χ1n) is 9.00. The number of halogens is 2. The lowest BCUT2D eigenvalue weighted by atomic mass is 9.96. The van der Waals surface area contributed by atoms with Gasteiger partial charge < -0.3 is 15.4 Å². The number of ether oxygens (including phenoxy) is 1. The second-order valence-corrected chi connectivity index (χ2v) is 7.34. The van der Waals surface area contributed by atoms with Crippen molar-refractivity contribution in [2.45, 2.75) is 44.9 Å². The minimum Gasteiger partial charge on any atom is -0.472 e. The van der Waals surface area contributed by atoms with Gasteiger partial charge in [0.05, 0.1) is 23.8 Å². The molecular weight excluding hydrogens is 368 g/mol. The second kappa shape index (κ2) is 7.67. The first kappa shape index (κ1) is 19.9. The minimum absolute atomic E-state index is 0.0953. The maximum Gasteiger partial charge on any atom is 0.319 e. The molecule has 0 aliphatic carbocycles. The smallest absolute Gasteiger partial charge is 0.319 e. The molecule has 1 aliphatic heterocycles. The van der Waals surface area contributed by atoms with Crippen LogP contribution in [0.5, 0.6) is 5.88 Å². The summed E-state index contributed by atoms with van der Waals surface area (Å²) >= 11 is 0. The molecule has 1 aliphatic rings. The maximum absolute atomic E-state index is 14.7. The van der Waals surface area contributed by atoms with E-state index in [9.17, 15) is 8.78 Å². The summed E-state index contributed by atoms with van der Waals surface area (Å²) in [7, 11) is 0. The van der Waals surface area contributed by atoms with Crippen LogP contribution < -0.4 is 15.4 Å². The van der Waals surface area contributed by atoms with Crippen LogP contribution in [0.2, 0.25) is 0 Å². The Balaban J connectivity index is 1.74. The van der Waals surface area contributed by atoms with Gasteiger partial charge in [-0.3, -0.25) is 4.85 Å². The number of hydrogen-bond acceptors (Lipinski definition) is 6. The quantitative estimate of drug-likeness (QED) is 0.737. The van der Waals surface area contributed by atoms with Crippen LogP contribution in [-0.4, -0.2) is 45.1 Å². The number of aryl methyl sites for hydroxylation is 1. The Labute approximate surface area is 162 Å². The summed E-state index contributed by atoms with van der Waals surface area (Å²) in [6, 6.07) is 0. The van der Waals surface area contributed by atoms with Gasteiger partial charge in [0.25, 0.3) is 5.88 Å². The molecule has 10 heteroatoms. The Bertz CT molecular complexity index is 885. The molecule has 3 rings (SSSR count). The maximum atomic E-state index is 14.7. The van der Waals surface area contributed by atoms with Crippen LogP contribution in [0.15, 0.2) is 12.4 Å². The van der Waals surface area contributed by atoms with E-state index in [1.165, 1.54) is 4.68 Å². The first-order chi connectivity index (χ1) is 13.2. The van der Waals surface area contributed by atoms with Gasteiger partial charge in [-0.25, -0.2) is 15.9 Å². The number of nitrogens with zero attached hydrogens (tertiary/aromatic N) is 5. The Kier molecular flexibility index (Phi) is 5.47. The van der Waals surface area contributed by atoms with Gasteiger partial charge in [-0.15, -0.1) is 0 Å². The van der Waals surface area contributed by atoms with Crippen molar-refractivity contribution in [3.63, 3.8) is 0 Å². The van der Waals surface area contributed by atoms with Gasteiger partial charge in [0.1, 0.15) is 12.3 Å². The van der Waals surface area contributed by atoms with E-state index in [2.05, 4.69) is 30.5 Å². The van der Waals surface area contributed by atoms with Crippen LogP contribution in [0.1, 0.15) is 32.4 Å². The van der Waals surface area contributed by atoms with Crippen LogP contribution in [0.3, 0.4) is 0 Å². The van der Waals surface area contributed by atoms with E-state index in [1.807, 2.05) is 0 Å². The molecule has 1 saturated heterocycles. The lowest BCUT2D eigenvalue weighted by Gasteiger charge is -2.29. The zero-order chi connectivity index (χ0) is 20.4. The summed E-state index contributed by atoms with van der Waals surface area (Å²) in [5.41, 5.74) is -1.13. The topological polar surface area (TPSA) is 81.2 Å². The van der Waals surface area contributed by atoms with E-state index in [-0.39, 0.29) is 18.4 Å². The van der Waals surface area contributed by atoms with E-state index in [4.69, 9.17) is 11.3 Å². The molecule has 0 bridgehead atoms. The van der Waals surface area contributed by atoms with Gasteiger partial charge in [0.15, 0.2) is 0 Å². The number of hydrogen-bond donors (Lipinski definition) is 2. The third-order valence-electron chi connectivity index (χ3n) is 4.66. The Hall–Kier alpha value is -2.80. The first-order valence-corrected chi connectivity index (χ1v) is 9.00. The molecule has 0 radical (unpaired) electrons. The molecule has 0 spiro atoms. The van der Waals surface area contributed by atoms with Crippen molar-refractivity contribution in [3.05, 3.63) is 35.3 Å². The number of alkyl halides is 1. The van der Waals surface area contributed by atoms with Crippen molar-refractivity contribution in [1.29, 1.82) is 0 Å². The van der Waals surface area contributed by atoms with Crippen LogP contribution in [-0.2, 0) is 5.66 Å². The molecule has 28 heavy (non-hydrogen) atoms. The molecule has 3 heterocycles. The van der Waals surface area contributed by atoms with Crippen molar-refractivity contribution < 1.29 is 13.5 Å². The number of nitrogens with one attached hydrogen (secondary N) is 2. The van der Waals surface area contributed by atoms with Crippen molar-refractivity contribution in [2.24, 2.45) is 0 Å². The zero-order valence-electron chi connectivity index (χ0n) is 16.1. The van der Waals surface area contributed by atoms with Crippen molar-refractivity contribution in [3.8, 4) is 5.88 Å². The van der Waals surface area contributed by atoms with Crippen molar-refractivity contribution >= 4 is 11.6 Å². The number of rotatable bonds is 6. The van der Waals surface area contributed by atoms with Crippen LogP contribution in [0.4, 0.5) is 20.4 Å². The molecule has 8 nitrogen and oxygen atoms in total. The van der Waals surface area contributed by atoms with Crippen LogP contribution in [0, 0.1) is 19.3 Å². The average molecular weight is 391 g/mol. The average Bonchev–Trinajstić information content (AvgIpc) is 3.04. The molecule has 0 aromatic carbocycles. The molecule has 0 amide bonds. The van der Waals surface area contributed by atoms with Gasteiger partial charge >= 0.3 is 5.66 Å². The van der Waals surface area contributed by atoms with E-state index in [0.717, 1.165) is 6.20 Å². The zero-order valence-corrected chi connectivity index (χ0v) is 16.1. The van der Waals surface area contributed by atoms with Crippen LogP contribution >= 0.6 is 0 Å². The van der Waals surface area contributed by atoms with Gasteiger partial charge in [-0.05, 0) is 32.9 Å². The number of aromatic nitrogens is 4. The monoisotopic (exact) mass is 391 g/mol. The normalized spacial score (nSPS) is 16.4. The number of piperidine rings is 1. The fraction of sp³-hybridized carbons (Fsp3) is 0.556. The summed E-state index contributed by atoms with van der Waals surface area (Å²) in [6.07, 6.45) is 3.24. The van der Waals surface area contributed by atoms with Gasteiger partial charge in [-0.2, -0.15) is 19.2 Å². The second-order valence-electron chi connectivity index (χ2n) is 7.34. The molecular formula is C18H23F2N7O. The predicted octanol–water partition coefficient (Wildman–Crippen LogP) is 2.95. The SMILES string of the molecule is [C-]#[N+]C(C)(C)n1cc(Nc2ncc(F)c(OCC3(F)CCNCC3)n2)c(C)n1. The highest BCUT2D eigenvalue weighted by atomic mass is 19.1. The molecule has 0 atom stereocenters. The summed E-state index contributed by atoms with van der Waals surface area (Å²) in [4.78, 5) is 11.5. The highest BCUT2D eigenvalue weighted by Gasteiger charge is 2.33.